The van der Waals surface area contributed by atoms with E-state index >= 15 is 0 Å². The summed E-state index contributed by atoms with van der Waals surface area (Å²) in [5.74, 6) is -0.780. The van der Waals surface area contributed by atoms with Gasteiger partial charge in [0.15, 0.2) is 5.75 Å². The summed E-state index contributed by atoms with van der Waals surface area (Å²) in [5.41, 5.74) is 12.3. The number of hydrogen-bond acceptors (Lipinski definition) is 8. The highest BCUT2D eigenvalue weighted by molar-refractivity contribution is 6.98. The summed E-state index contributed by atoms with van der Waals surface area (Å²) < 4.78 is 6.01. The zero-order chi connectivity index (χ0) is 35.7. The van der Waals surface area contributed by atoms with Gasteiger partial charge in [-0.05, 0) is 77.5 Å². The number of esters is 1. The van der Waals surface area contributed by atoms with E-state index in [9.17, 15) is 14.4 Å². The maximum atomic E-state index is 13.5. The van der Waals surface area contributed by atoms with Crippen LogP contribution in [0.1, 0.15) is 59.9 Å². The number of nitrogens with one attached hydrogen (secondary N) is 1. The third-order valence-corrected chi connectivity index (χ3v) is 13.4. The Morgan fingerprint density at radius 2 is 1.54 bits per heavy atom. The van der Waals surface area contributed by atoms with Gasteiger partial charge in [0.25, 0.3) is 14.2 Å². The van der Waals surface area contributed by atoms with Crippen molar-refractivity contribution in [2.45, 2.75) is 45.6 Å². The number of rotatable bonds is 12. The van der Waals surface area contributed by atoms with Crippen molar-refractivity contribution < 1.29 is 19.1 Å². The molecule has 3 aromatic carbocycles. The van der Waals surface area contributed by atoms with E-state index in [1.165, 1.54) is 18.6 Å². The number of hydrogen-bond donors (Lipinski definition) is 3. The molecular formula is C40H41N5O4Si. The Balaban J connectivity index is 1.50. The number of carbonyl (C=O) groups is 2. The van der Waals surface area contributed by atoms with Gasteiger partial charge in [-0.2, -0.15) is 5.10 Å². The molecule has 254 valence electrons. The first-order chi connectivity index (χ1) is 24.0. The van der Waals surface area contributed by atoms with Crippen molar-refractivity contribution in [3.8, 4) is 5.75 Å². The molecule has 0 aliphatic carbocycles. The standard InChI is InChI=1S/C40H41N5O4Si/c1-28(25-31-13-11-12-18-36(31)41)39(47)49-37-29(2)43-26-32(35(37)27-44-45-38(46)30-20-23-42-24-21-30)19-22-40(3,4)50(48,33-14-7-5-8-15-33)34-16-9-6-10-17-34/h5-18,20-21,23-27,48H,19,22,41H2,1-4H3,(H,45,46)/b28-25+,44-27+. The van der Waals surface area contributed by atoms with Crippen LogP contribution in [0.4, 0.5) is 5.69 Å². The molecule has 2 heterocycles. The Bertz CT molecular complexity index is 1980. The number of amides is 1. The third kappa shape index (κ3) is 7.94. The molecule has 0 saturated carbocycles. The van der Waals surface area contributed by atoms with E-state index in [-0.39, 0.29) is 5.75 Å². The van der Waals surface area contributed by atoms with E-state index in [1.807, 2.05) is 78.9 Å². The molecule has 0 unspecified atom stereocenters. The summed E-state index contributed by atoms with van der Waals surface area (Å²) >= 11 is 0. The van der Waals surface area contributed by atoms with E-state index in [0.29, 0.717) is 46.5 Å². The van der Waals surface area contributed by atoms with Gasteiger partial charge < -0.3 is 15.3 Å². The molecule has 4 N–H and O–H groups in total. The number of pyridine rings is 2. The fourth-order valence-electron chi connectivity index (χ4n) is 5.88. The number of nitrogens with two attached hydrogens (primary N) is 1. The lowest BCUT2D eigenvalue weighted by molar-refractivity contribution is -0.130. The lowest BCUT2D eigenvalue weighted by atomic mass is 9.98. The highest BCUT2D eigenvalue weighted by Crippen LogP contribution is 2.40. The van der Waals surface area contributed by atoms with Crippen LogP contribution in [0.25, 0.3) is 6.08 Å². The number of anilines is 1. The first-order valence-corrected chi connectivity index (χ1v) is 18.3. The van der Waals surface area contributed by atoms with E-state index in [2.05, 4.69) is 34.3 Å². The zero-order valence-electron chi connectivity index (χ0n) is 28.6. The van der Waals surface area contributed by atoms with Crippen LogP contribution in [0, 0.1) is 6.92 Å². The second-order valence-corrected chi connectivity index (χ2v) is 16.6. The maximum Gasteiger partial charge on any atom is 0.339 e. The minimum absolute atomic E-state index is 0.222. The predicted octanol–water partition coefficient (Wildman–Crippen LogP) is 5.61. The smallest absolute Gasteiger partial charge is 0.339 e. The number of carbonyl (C=O) groups excluding carboxylic acids is 2. The minimum atomic E-state index is -3.30. The number of aryl methyl sites for hydroxylation is 2. The summed E-state index contributed by atoms with van der Waals surface area (Å²) in [6.07, 6.45) is 8.96. The van der Waals surface area contributed by atoms with Crippen molar-refractivity contribution in [1.29, 1.82) is 0 Å². The van der Waals surface area contributed by atoms with Crippen molar-refractivity contribution in [3.63, 3.8) is 0 Å². The van der Waals surface area contributed by atoms with Crippen LogP contribution in [0.15, 0.2) is 126 Å². The minimum Gasteiger partial charge on any atom is -0.424 e. The van der Waals surface area contributed by atoms with Crippen molar-refractivity contribution in [2.75, 3.05) is 5.73 Å². The van der Waals surface area contributed by atoms with E-state index < -0.39 is 25.2 Å². The number of ether oxygens (including phenoxy) is 1. The van der Waals surface area contributed by atoms with Crippen LogP contribution in [0.2, 0.25) is 5.04 Å². The van der Waals surface area contributed by atoms with Crippen LogP contribution in [0.5, 0.6) is 5.75 Å². The number of nitrogens with zero attached hydrogens (tertiary/aromatic N) is 3. The van der Waals surface area contributed by atoms with Gasteiger partial charge in [-0.25, -0.2) is 10.2 Å². The summed E-state index contributed by atoms with van der Waals surface area (Å²) in [7, 11) is -3.30. The zero-order valence-corrected chi connectivity index (χ0v) is 29.6. The largest absolute Gasteiger partial charge is 0.424 e. The molecule has 0 spiro atoms. The molecule has 0 radical (unpaired) electrons. The van der Waals surface area contributed by atoms with Gasteiger partial charge in [0.2, 0.25) is 0 Å². The normalized spacial score (nSPS) is 12.1. The number of benzene rings is 3. The van der Waals surface area contributed by atoms with Gasteiger partial charge in [-0.3, -0.25) is 14.8 Å². The van der Waals surface area contributed by atoms with Crippen LogP contribution in [-0.4, -0.2) is 41.2 Å². The van der Waals surface area contributed by atoms with Gasteiger partial charge >= 0.3 is 5.97 Å². The molecule has 5 aromatic rings. The summed E-state index contributed by atoms with van der Waals surface area (Å²) in [5, 5.41) is 5.53. The van der Waals surface area contributed by atoms with Gasteiger partial charge in [0, 0.05) is 41.0 Å². The highest BCUT2D eigenvalue weighted by Gasteiger charge is 2.49. The molecule has 50 heavy (non-hydrogen) atoms. The molecule has 5 rings (SSSR count). The monoisotopic (exact) mass is 683 g/mol. The highest BCUT2D eigenvalue weighted by atomic mass is 28.4. The van der Waals surface area contributed by atoms with E-state index in [0.717, 1.165) is 15.9 Å². The van der Waals surface area contributed by atoms with Gasteiger partial charge in [-0.15, -0.1) is 0 Å². The van der Waals surface area contributed by atoms with Crippen LogP contribution in [-0.2, 0) is 11.2 Å². The average molecular weight is 684 g/mol. The predicted molar refractivity (Wildman–Crippen MR) is 201 cm³/mol. The van der Waals surface area contributed by atoms with E-state index in [4.69, 9.17) is 10.5 Å². The first-order valence-electron chi connectivity index (χ1n) is 16.3. The molecule has 0 bridgehead atoms. The van der Waals surface area contributed by atoms with Crippen LogP contribution in [0.3, 0.4) is 0 Å². The second-order valence-electron chi connectivity index (χ2n) is 12.7. The maximum absolute atomic E-state index is 13.5. The molecule has 0 aliphatic rings. The van der Waals surface area contributed by atoms with Gasteiger partial charge in [0.1, 0.15) is 0 Å². The summed E-state index contributed by atoms with van der Waals surface area (Å²) in [6.45, 7) is 7.58. The number of aromatic nitrogens is 2. The Morgan fingerprint density at radius 1 is 0.940 bits per heavy atom. The SMILES string of the molecule is C/C(=C\c1ccccc1N)C(=O)Oc1c(C)ncc(CCC(C)(C)[Si](O)(c2ccccc2)c2ccccc2)c1/C=N/NC(=O)c1ccncc1. The lowest BCUT2D eigenvalue weighted by Gasteiger charge is -2.41. The van der Waals surface area contributed by atoms with Crippen molar-refractivity contribution in [1.82, 2.24) is 15.4 Å². The lowest BCUT2D eigenvalue weighted by Crippen LogP contribution is -2.65. The number of nitrogen functional groups attached to an aromatic ring is 1. The van der Waals surface area contributed by atoms with Crippen molar-refractivity contribution >= 4 is 48.5 Å². The van der Waals surface area contributed by atoms with Gasteiger partial charge in [-0.1, -0.05) is 92.7 Å². The molecule has 0 fully saturated rings. The summed E-state index contributed by atoms with van der Waals surface area (Å²) in [6, 6.07) is 30.1. The Hall–Kier alpha value is -5.71. The number of hydrazone groups is 1. The molecular weight excluding hydrogens is 643 g/mol. The Labute approximate surface area is 293 Å². The molecule has 2 aromatic heterocycles. The van der Waals surface area contributed by atoms with Crippen molar-refractivity contribution in [2.24, 2.45) is 5.10 Å². The van der Waals surface area contributed by atoms with E-state index in [1.54, 1.807) is 44.3 Å². The van der Waals surface area contributed by atoms with Gasteiger partial charge in [0.05, 0.1) is 11.9 Å². The summed E-state index contributed by atoms with van der Waals surface area (Å²) in [4.78, 5) is 47.5. The third-order valence-electron chi connectivity index (χ3n) is 8.90. The first kappa shape index (κ1) is 35.6. The quantitative estimate of drug-likeness (QED) is 0.0388. The average Bonchev–Trinajstić information content (AvgIpc) is 3.14. The molecule has 9 nitrogen and oxygen atoms in total. The molecule has 0 atom stereocenters. The molecule has 0 aliphatic heterocycles. The Morgan fingerprint density at radius 3 is 2.16 bits per heavy atom. The van der Waals surface area contributed by atoms with Crippen LogP contribution >= 0.6 is 0 Å². The molecule has 10 heteroatoms. The fraction of sp³-hybridized carbons (Fsp3) is 0.175. The second kappa shape index (κ2) is 15.7. The molecule has 1 amide bonds. The molecule has 0 saturated heterocycles. The van der Waals surface area contributed by atoms with Crippen LogP contribution < -0.4 is 26.3 Å². The van der Waals surface area contributed by atoms with Crippen molar-refractivity contribution in [3.05, 3.63) is 149 Å². The topological polar surface area (TPSA) is 140 Å². The number of para-hydroxylation sites is 1. The Kier molecular flexibility index (Phi) is 11.2. The fourth-order valence-corrected chi connectivity index (χ4v) is 9.61.